The van der Waals surface area contributed by atoms with Crippen LogP contribution in [0.15, 0.2) is 127 Å². The highest BCUT2D eigenvalue weighted by atomic mass is 35.5. The first-order valence-electron chi connectivity index (χ1n) is 16.4. The summed E-state index contributed by atoms with van der Waals surface area (Å²) in [6, 6.07) is 42.5. The summed E-state index contributed by atoms with van der Waals surface area (Å²) in [6.45, 7) is 7.89. The molecule has 5 nitrogen and oxygen atoms in total. The summed E-state index contributed by atoms with van der Waals surface area (Å²) in [6.07, 6.45) is 1.42. The highest BCUT2D eigenvalue weighted by Crippen LogP contribution is 2.38. The third-order valence-electron chi connectivity index (χ3n) is 8.81. The maximum absolute atomic E-state index is 11.3. The van der Waals surface area contributed by atoms with E-state index in [2.05, 4.69) is 128 Å². The van der Waals surface area contributed by atoms with E-state index < -0.39 is 5.97 Å². The smallest absolute Gasteiger partial charge is 0.335 e. The molecule has 0 aliphatic rings. The van der Waals surface area contributed by atoms with Crippen molar-refractivity contribution in [1.82, 2.24) is 4.57 Å². The van der Waals surface area contributed by atoms with Gasteiger partial charge < -0.3 is 19.7 Å². The Kier molecular flexibility index (Phi) is 9.88. The summed E-state index contributed by atoms with van der Waals surface area (Å²) in [5.74, 6) is -0.323. The number of halogens is 1. The molecule has 0 fully saturated rings. The van der Waals surface area contributed by atoms with Crippen molar-refractivity contribution in [3.8, 4) is 5.75 Å². The average Bonchev–Trinajstić information content (AvgIpc) is 3.37. The molecule has 0 saturated heterocycles. The molecular weight excluding hydrogens is 616 g/mol. The van der Waals surface area contributed by atoms with E-state index in [1.54, 1.807) is 24.3 Å². The second-order valence-corrected chi connectivity index (χ2v) is 13.5. The summed E-state index contributed by atoms with van der Waals surface area (Å²) < 4.78 is 8.68. The van der Waals surface area contributed by atoms with Gasteiger partial charge in [0.1, 0.15) is 5.75 Å². The third kappa shape index (κ3) is 7.27. The van der Waals surface area contributed by atoms with Gasteiger partial charge >= 0.3 is 5.97 Å². The van der Waals surface area contributed by atoms with E-state index >= 15 is 0 Å². The number of hydrogen-bond donors (Lipinski definition) is 2. The number of fused-ring (bicyclic) bond motifs is 1. The highest BCUT2D eigenvalue weighted by molar-refractivity contribution is 6.31. The number of rotatable bonds is 12. The Morgan fingerprint density at radius 3 is 2.06 bits per heavy atom. The second kappa shape index (κ2) is 14.4. The topological polar surface area (TPSA) is 63.5 Å². The summed E-state index contributed by atoms with van der Waals surface area (Å²) in [4.78, 5) is 11.3. The minimum Gasteiger partial charge on any atom is -0.493 e. The quantitative estimate of drug-likeness (QED) is 0.138. The molecule has 48 heavy (non-hydrogen) atoms. The Morgan fingerprint density at radius 2 is 1.44 bits per heavy atom. The lowest BCUT2D eigenvalue weighted by Crippen LogP contribution is -2.19. The van der Waals surface area contributed by atoms with Crippen LogP contribution < -0.4 is 10.1 Å². The number of aromatic nitrogens is 1. The van der Waals surface area contributed by atoms with E-state index in [1.807, 2.05) is 6.07 Å². The molecule has 0 bridgehead atoms. The molecule has 0 amide bonds. The van der Waals surface area contributed by atoms with E-state index in [-0.39, 0.29) is 17.0 Å². The van der Waals surface area contributed by atoms with E-state index in [0.717, 1.165) is 29.6 Å². The third-order valence-corrected chi connectivity index (χ3v) is 9.04. The number of para-hydroxylation sites is 1. The van der Waals surface area contributed by atoms with Crippen molar-refractivity contribution in [3.05, 3.63) is 166 Å². The van der Waals surface area contributed by atoms with Gasteiger partial charge in [0.2, 0.25) is 0 Å². The molecule has 0 spiro atoms. The van der Waals surface area contributed by atoms with Gasteiger partial charge in [-0.15, -0.1) is 0 Å². The highest BCUT2D eigenvalue weighted by Gasteiger charge is 2.26. The molecule has 6 rings (SSSR count). The molecule has 5 aromatic carbocycles. The van der Waals surface area contributed by atoms with Crippen LogP contribution in [0.25, 0.3) is 10.9 Å². The number of carboxylic acid groups (broad SMARTS) is 1. The number of carboxylic acids is 1. The number of nitrogens with one attached hydrogen (secondary N) is 1. The zero-order valence-electron chi connectivity index (χ0n) is 27.6. The van der Waals surface area contributed by atoms with Crippen LogP contribution in [0, 0.1) is 0 Å². The summed E-state index contributed by atoms with van der Waals surface area (Å²) >= 11 is 6.68. The average molecular weight is 657 g/mol. The van der Waals surface area contributed by atoms with Crippen LogP contribution in [-0.2, 0) is 18.3 Å². The van der Waals surface area contributed by atoms with E-state index in [1.165, 1.54) is 27.9 Å². The summed E-state index contributed by atoms with van der Waals surface area (Å²) in [7, 11) is 0. The molecule has 0 aliphatic heterocycles. The van der Waals surface area contributed by atoms with Gasteiger partial charge in [-0.3, -0.25) is 0 Å². The van der Waals surface area contributed by atoms with E-state index in [4.69, 9.17) is 16.3 Å². The van der Waals surface area contributed by atoms with Crippen molar-refractivity contribution in [2.45, 2.75) is 45.1 Å². The number of benzene rings is 5. The lowest BCUT2D eigenvalue weighted by Gasteiger charge is -2.26. The van der Waals surface area contributed by atoms with Gasteiger partial charge in [-0.25, -0.2) is 4.79 Å². The minimum absolute atomic E-state index is 0.00607. The van der Waals surface area contributed by atoms with Crippen LogP contribution in [0.1, 0.15) is 65.1 Å². The molecule has 0 aliphatic carbocycles. The van der Waals surface area contributed by atoms with Crippen molar-refractivity contribution < 1.29 is 14.6 Å². The Bertz CT molecular complexity index is 1960. The Balaban J connectivity index is 1.44. The molecular formula is C42H41ClN2O3. The predicted molar refractivity (Wildman–Crippen MR) is 197 cm³/mol. The van der Waals surface area contributed by atoms with Gasteiger partial charge in [0.15, 0.2) is 0 Å². The number of nitrogens with zero attached hydrogens (tertiary/aromatic N) is 1. The van der Waals surface area contributed by atoms with Gasteiger partial charge in [-0.05, 0) is 76.2 Å². The fourth-order valence-electron chi connectivity index (χ4n) is 6.58. The first kappa shape index (κ1) is 32.9. The Hall–Kier alpha value is -5.00. The molecule has 1 heterocycles. The lowest BCUT2D eigenvalue weighted by molar-refractivity contribution is 0.0697. The van der Waals surface area contributed by atoms with Crippen LogP contribution in [0.4, 0.5) is 5.69 Å². The molecule has 2 N–H and O–H groups in total. The zero-order valence-corrected chi connectivity index (χ0v) is 28.4. The van der Waals surface area contributed by atoms with Crippen LogP contribution in [-0.4, -0.2) is 28.8 Å². The molecule has 1 aromatic heterocycles. The molecule has 0 unspecified atom stereocenters. The van der Waals surface area contributed by atoms with Gasteiger partial charge in [0, 0.05) is 46.7 Å². The lowest BCUT2D eigenvalue weighted by atomic mass is 9.86. The van der Waals surface area contributed by atoms with Crippen molar-refractivity contribution in [3.63, 3.8) is 0 Å². The van der Waals surface area contributed by atoms with Crippen molar-refractivity contribution in [1.29, 1.82) is 0 Å². The molecule has 0 radical (unpaired) electrons. The second-order valence-electron chi connectivity index (χ2n) is 13.1. The molecule has 244 valence electrons. The molecule has 6 aromatic rings. The molecule has 0 atom stereocenters. The molecule has 6 heteroatoms. The van der Waals surface area contributed by atoms with Gasteiger partial charge in [0.05, 0.1) is 18.2 Å². The fraction of sp³-hybridized carbons (Fsp3) is 0.214. The number of hydrogen-bond acceptors (Lipinski definition) is 3. The first-order valence-corrected chi connectivity index (χ1v) is 16.8. The normalized spacial score (nSPS) is 11.6. The zero-order chi connectivity index (χ0) is 33.7. The van der Waals surface area contributed by atoms with Gasteiger partial charge in [0.25, 0.3) is 0 Å². The number of ether oxygens (including phenoxy) is 1. The SMILES string of the molecule is CC(C)(C)c1ccccc1NCCc1c(CCOc2ccc(C(=O)O)cc2)c2cc(Cl)ccc2n1C(c1ccccc1)c1ccccc1. The Labute approximate surface area is 287 Å². The monoisotopic (exact) mass is 656 g/mol. The number of aromatic carboxylic acids is 1. The maximum atomic E-state index is 11.3. The fourth-order valence-corrected chi connectivity index (χ4v) is 6.76. The Morgan fingerprint density at radius 1 is 0.812 bits per heavy atom. The van der Waals surface area contributed by atoms with Crippen LogP contribution in [0.5, 0.6) is 5.75 Å². The van der Waals surface area contributed by atoms with Crippen LogP contribution in [0.3, 0.4) is 0 Å². The molecule has 0 saturated carbocycles. The van der Waals surface area contributed by atoms with E-state index in [0.29, 0.717) is 23.8 Å². The number of anilines is 1. The maximum Gasteiger partial charge on any atom is 0.335 e. The standard InChI is InChI=1S/C42H41ClN2O3/c1-42(2,3)36-16-10-11-17-37(36)44-26-24-39-34(25-27-48-33-21-18-31(19-22-33)41(46)47)35-28-32(43)20-23-38(35)45(39)40(29-12-6-4-7-13-29)30-14-8-5-9-15-30/h4-23,28,40,44H,24-27H2,1-3H3,(H,46,47). The van der Waals surface area contributed by atoms with Gasteiger partial charge in [-0.1, -0.05) is 111 Å². The first-order chi connectivity index (χ1) is 23.2. The van der Waals surface area contributed by atoms with Crippen LogP contribution in [0.2, 0.25) is 5.02 Å². The number of carbonyl (C=O) groups is 1. The summed E-state index contributed by atoms with van der Waals surface area (Å²) in [5.41, 5.74) is 8.59. The van der Waals surface area contributed by atoms with Crippen LogP contribution >= 0.6 is 11.6 Å². The van der Waals surface area contributed by atoms with Crippen molar-refractivity contribution in [2.75, 3.05) is 18.5 Å². The largest absolute Gasteiger partial charge is 0.493 e. The van der Waals surface area contributed by atoms with Crippen molar-refractivity contribution in [2.24, 2.45) is 0 Å². The minimum atomic E-state index is -0.957. The predicted octanol–water partition coefficient (Wildman–Crippen LogP) is 10.2. The van der Waals surface area contributed by atoms with E-state index in [9.17, 15) is 9.90 Å². The van der Waals surface area contributed by atoms with Gasteiger partial charge in [-0.2, -0.15) is 0 Å². The summed E-state index contributed by atoms with van der Waals surface area (Å²) in [5, 5.41) is 14.9. The van der Waals surface area contributed by atoms with Crippen molar-refractivity contribution >= 4 is 34.2 Å².